The molecule has 8 heteroatoms. The van der Waals surface area contributed by atoms with Gasteiger partial charge in [0, 0.05) is 18.7 Å². The molecule has 0 fully saturated rings. The molecule has 0 saturated heterocycles. The second kappa shape index (κ2) is 7.65. The summed E-state index contributed by atoms with van der Waals surface area (Å²) in [4.78, 5) is 11.2. The first-order valence-corrected chi connectivity index (χ1v) is 8.67. The number of halogens is 3. The molecule has 0 aliphatic carbocycles. The minimum absolute atomic E-state index is 0.0640. The van der Waals surface area contributed by atoms with E-state index in [1.807, 2.05) is 0 Å². The Morgan fingerprint density at radius 3 is 2.21 bits per heavy atom. The number of rotatable bonds is 5. The number of alkyl halides is 3. The van der Waals surface area contributed by atoms with Crippen LogP contribution < -0.4 is 10.0 Å². The van der Waals surface area contributed by atoms with E-state index in [9.17, 15) is 22.2 Å². The summed E-state index contributed by atoms with van der Waals surface area (Å²) in [7, 11) is -1.43. The average molecular weight is 364 g/mol. The van der Waals surface area contributed by atoms with Gasteiger partial charge in [-0.15, -0.1) is 0 Å². The fourth-order valence-electron chi connectivity index (χ4n) is 1.98. The van der Waals surface area contributed by atoms with E-state index in [1.54, 1.807) is 27.7 Å². The molecule has 0 bridgehead atoms. The van der Waals surface area contributed by atoms with E-state index < -0.39 is 39.4 Å². The number of hydrogen-bond donors (Lipinski definition) is 2. The maximum Gasteiger partial charge on any atom is 0.416 e. The van der Waals surface area contributed by atoms with Crippen molar-refractivity contribution in [3.8, 4) is 0 Å². The molecule has 0 spiro atoms. The summed E-state index contributed by atoms with van der Waals surface area (Å²) in [5.41, 5.74) is -0.465. The maximum atomic E-state index is 13.1. The number of nitrogens with one attached hydrogen (secondary N) is 2. The summed E-state index contributed by atoms with van der Waals surface area (Å²) in [5.74, 6) is -0.459. The molecule has 136 valence electrons. The van der Waals surface area contributed by atoms with Crippen LogP contribution in [0.5, 0.6) is 0 Å². The van der Waals surface area contributed by atoms with Crippen molar-refractivity contribution < 1.29 is 22.2 Å². The third-order valence-corrected chi connectivity index (χ3v) is 4.83. The molecule has 1 aromatic carbocycles. The van der Waals surface area contributed by atoms with Gasteiger partial charge in [-0.1, -0.05) is 6.92 Å². The first kappa shape index (κ1) is 20.6. The smallest absolute Gasteiger partial charge is 0.326 e. The molecule has 0 heterocycles. The van der Waals surface area contributed by atoms with Gasteiger partial charge in [0.25, 0.3) is 0 Å². The summed E-state index contributed by atoms with van der Waals surface area (Å²) in [5, 5.41) is 2.38. The first-order valence-electron chi connectivity index (χ1n) is 7.52. The molecule has 1 rings (SSSR count). The van der Waals surface area contributed by atoms with Crippen molar-refractivity contribution in [1.29, 1.82) is 0 Å². The van der Waals surface area contributed by atoms with E-state index in [0.717, 1.165) is 12.1 Å². The van der Waals surface area contributed by atoms with Gasteiger partial charge < -0.3 is 5.32 Å². The van der Waals surface area contributed by atoms with E-state index in [-0.39, 0.29) is 5.69 Å². The molecule has 0 aromatic heterocycles. The van der Waals surface area contributed by atoms with E-state index in [2.05, 4.69) is 10.0 Å². The minimum atomic E-state index is -4.54. The number of hydrogen-bond acceptors (Lipinski definition) is 2. The highest BCUT2D eigenvalue weighted by Gasteiger charge is 2.32. The van der Waals surface area contributed by atoms with Crippen LogP contribution in [0.15, 0.2) is 18.2 Å². The summed E-state index contributed by atoms with van der Waals surface area (Å²) in [6.07, 6.45) is -4.09. The molecule has 24 heavy (non-hydrogen) atoms. The number of anilines is 1. The Bertz CT molecular complexity index is 625. The molecule has 2 atom stereocenters. The highest BCUT2D eigenvalue weighted by Crippen LogP contribution is 2.34. The average Bonchev–Trinajstić information content (AvgIpc) is 2.41. The fraction of sp³-hybridized carbons (Fsp3) is 0.562. The lowest BCUT2D eigenvalue weighted by Gasteiger charge is -2.25. The number of carbonyl (C=O) groups is 1. The van der Waals surface area contributed by atoms with Crippen LogP contribution in [0.4, 0.5) is 18.9 Å². The quantitative estimate of drug-likeness (QED) is 0.824. The van der Waals surface area contributed by atoms with Crippen LogP contribution in [0, 0.1) is 0 Å². The van der Waals surface area contributed by atoms with Gasteiger partial charge in [0.2, 0.25) is 5.91 Å². The zero-order chi connectivity index (χ0) is 18.7. The Hall–Kier alpha value is -1.41. The summed E-state index contributed by atoms with van der Waals surface area (Å²) < 4.78 is 53.9. The van der Waals surface area contributed by atoms with E-state index in [1.165, 1.54) is 13.0 Å². The van der Waals surface area contributed by atoms with Crippen molar-refractivity contribution in [2.45, 2.75) is 58.0 Å². The molecule has 0 aliphatic rings. The van der Waals surface area contributed by atoms with Crippen LogP contribution in [-0.2, 0) is 22.0 Å². The second-order valence-corrected chi connectivity index (χ2v) is 8.48. The third-order valence-electron chi connectivity index (χ3n) is 3.22. The Morgan fingerprint density at radius 2 is 1.79 bits per heavy atom. The summed E-state index contributed by atoms with van der Waals surface area (Å²) in [6, 6.07) is 2.85. The van der Waals surface area contributed by atoms with Crippen LogP contribution in [0.2, 0.25) is 0 Å². The Balaban J connectivity index is 3.27. The lowest BCUT2D eigenvalue weighted by Crippen LogP contribution is -2.35. The standard InChI is InChI=1S/C16H23F3N2O2S/c1-6-14(21-24(23)15(3,4)5)11-7-12(16(17,18)19)9-13(8-11)20-10(2)22/h7-9,14,21H,6H2,1-5H3,(H,20,22). The van der Waals surface area contributed by atoms with Crippen molar-refractivity contribution in [3.63, 3.8) is 0 Å². The largest absolute Gasteiger partial charge is 0.416 e. The zero-order valence-corrected chi connectivity index (χ0v) is 15.2. The van der Waals surface area contributed by atoms with Crippen molar-refractivity contribution in [2.75, 3.05) is 5.32 Å². The molecule has 2 unspecified atom stereocenters. The molecule has 0 saturated carbocycles. The van der Waals surface area contributed by atoms with Gasteiger partial charge in [-0.05, 0) is 51.0 Å². The summed E-state index contributed by atoms with van der Waals surface area (Å²) in [6.45, 7) is 8.34. The highest BCUT2D eigenvalue weighted by atomic mass is 32.2. The van der Waals surface area contributed by atoms with Crippen LogP contribution in [0.3, 0.4) is 0 Å². The second-order valence-electron chi connectivity index (χ2n) is 6.48. The van der Waals surface area contributed by atoms with Gasteiger partial charge >= 0.3 is 6.18 Å². The summed E-state index contributed by atoms with van der Waals surface area (Å²) >= 11 is 0. The Morgan fingerprint density at radius 1 is 1.21 bits per heavy atom. The zero-order valence-electron chi connectivity index (χ0n) is 14.4. The molecule has 4 nitrogen and oxygen atoms in total. The lowest BCUT2D eigenvalue weighted by molar-refractivity contribution is -0.137. The normalized spacial score (nSPS) is 15.0. The predicted octanol–water partition coefficient (Wildman–Crippen LogP) is 4.17. The van der Waals surface area contributed by atoms with Gasteiger partial charge in [-0.3, -0.25) is 4.79 Å². The van der Waals surface area contributed by atoms with Crippen LogP contribution in [0.1, 0.15) is 58.2 Å². The van der Waals surface area contributed by atoms with E-state index in [0.29, 0.717) is 12.0 Å². The van der Waals surface area contributed by atoms with Crippen LogP contribution in [-0.4, -0.2) is 14.9 Å². The molecule has 0 radical (unpaired) electrons. The van der Waals surface area contributed by atoms with Crippen molar-refractivity contribution in [3.05, 3.63) is 29.3 Å². The molecule has 2 N–H and O–H groups in total. The molecular weight excluding hydrogens is 341 g/mol. The number of benzene rings is 1. The Labute approximate surface area is 142 Å². The number of carbonyl (C=O) groups excluding carboxylic acids is 1. The van der Waals surface area contributed by atoms with E-state index in [4.69, 9.17) is 0 Å². The molecule has 1 amide bonds. The van der Waals surface area contributed by atoms with Crippen molar-refractivity contribution >= 4 is 22.6 Å². The van der Waals surface area contributed by atoms with Gasteiger partial charge in [-0.2, -0.15) is 13.2 Å². The van der Waals surface area contributed by atoms with Crippen LogP contribution >= 0.6 is 0 Å². The van der Waals surface area contributed by atoms with Gasteiger partial charge in [0.1, 0.15) is 0 Å². The van der Waals surface area contributed by atoms with Crippen molar-refractivity contribution in [2.24, 2.45) is 0 Å². The Kier molecular flexibility index (Phi) is 6.58. The van der Waals surface area contributed by atoms with Crippen molar-refractivity contribution in [1.82, 2.24) is 4.72 Å². The van der Waals surface area contributed by atoms with Gasteiger partial charge in [-0.25, -0.2) is 8.93 Å². The topological polar surface area (TPSA) is 58.2 Å². The molecule has 1 aromatic rings. The van der Waals surface area contributed by atoms with Gasteiger partial charge in [0.15, 0.2) is 0 Å². The maximum absolute atomic E-state index is 13.1. The highest BCUT2D eigenvalue weighted by molar-refractivity contribution is 7.84. The first-order chi connectivity index (χ1) is 10.8. The third kappa shape index (κ3) is 5.90. The van der Waals surface area contributed by atoms with Crippen LogP contribution in [0.25, 0.3) is 0 Å². The lowest BCUT2D eigenvalue weighted by atomic mass is 10.0. The minimum Gasteiger partial charge on any atom is -0.326 e. The molecule has 0 aliphatic heterocycles. The monoisotopic (exact) mass is 364 g/mol. The predicted molar refractivity (Wildman–Crippen MR) is 89.8 cm³/mol. The number of amides is 1. The molecular formula is C16H23F3N2O2S. The SMILES string of the molecule is CCC(NS(=O)C(C)(C)C)c1cc(NC(C)=O)cc(C(F)(F)F)c1. The van der Waals surface area contributed by atoms with E-state index >= 15 is 0 Å². The van der Waals surface area contributed by atoms with Gasteiger partial charge in [0.05, 0.1) is 21.3 Å². The fourth-order valence-corrected chi connectivity index (χ4v) is 2.90.